The van der Waals surface area contributed by atoms with Gasteiger partial charge in [-0.1, -0.05) is 0 Å². The van der Waals surface area contributed by atoms with Crippen molar-refractivity contribution in [1.29, 1.82) is 0 Å². The lowest BCUT2D eigenvalue weighted by atomic mass is 9.93. The fraction of sp³-hybridized carbons (Fsp3) is 0.692. The second kappa shape index (κ2) is 4.26. The zero-order valence-corrected chi connectivity index (χ0v) is 10.6. The van der Waals surface area contributed by atoms with Crippen LogP contribution in [0.5, 0.6) is 0 Å². The molecule has 0 radical (unpaired) electrons. The van der Waals surface area contributed by atoms with Crippen molar-refractivity contribution in [3.63, 3.8) is 0 Å². The Labute approximate surface area is 102 Å². The van der Waals surface area contributed by atoms with Crippen LogP contribution in [0.15, 0.2) is 6.07 Å². The molecular formula is C13H20N4. The van der Waals surface area contributed by atoms with E-state index in [4.69, 9.17) is 0 Å². The monoisotopic (exact) mass is 232 g/mol. The first kappa shape index (κ1) is 11.0. The molecule has 2 atom stereocenters. The van der Waals surface area contributed by atoms with Gasteiger partial charge in [0.25, 0.3) is 0 Å². The van der Waals surface area contributed by atoms with Crippen molar-refractivity contribution >= 4 is 5.95 Å². The summed E-state index contributed by atoms with van der Waals surface area (Å²) in [5.74, 6) is 1.78. The van der Waals surface area contributed by atoms with Crippen LogP contribution in [0.1, 0.15) is 24.2 Å². The molecule has 1 aromatic heterocycles. The smallest absolute Gasteiger partial charge is 0.225 e. The summed E-state index contributed by atoms with van der Waals surface area (Å²) in [6.45, 7) is 7.42. The molecule has 2 aliphatic rings. The van der Waals surface area contributed by atoms with Gasteiger partial charge in [-0.3, -0.25) is 0 Å². The van der Waals surface area contributed by atoms with Gasteiger partial charge >= 0.3 is 0 Å². The van der Waals surface area contributed by atoms with Gasteiger partial charge in [-0.2, -0.15) is 0 Å². The summed E-state index contributed by atoms with van der Waals surface area (Å²) in [6, 6.07) is 2.68. The van der Waals surface area contributed by atoms with E-state index < -0.39 is 0 Å². The zero-order valence-electron chi connectivity index (χ0n) is 10.6. The highest BCUT2D eigenvalue weighted by Gasteiger charge is 2.33. The van der Waals surface area contributed by atoms with Gasteiger partial charge in [0.05, 0.1) is 0 Å². The number of piperidine rings is 1. The SMILES string of the molecule is Cc1cc(C)nc(N2CC[C@H]3CCN[C@H]3C2)n1. The van der Waals surface area contributed by atoms with Gasteiger partial charge in [-0.15, -0.1) is 0 Å². The van der Waals surface area contributed by atoms with Gasteiger partial charge in [0.15, 0.2) is 0 Å². The van der Waals surface area contributed by atoms with Crippen molar-refractivity contribution in [3.05, 3.63) is 17.5 Å². The van der Waals surface area contributed by atoms with Gasteiger partial charge < -0.3 is 10.2 Å². The summed E-state index contributed by atoms with van der Waals surface area (Å²) in [5.41, 5.74) is 2.13. The molecule has 0 amide bonds. The first-order valence-electron chi connectivity index (χ1n) is 6.53. The molecule has 1 N–H and O–H groups in total. The minimum absolute atomic E-state index is 0.646. The van der Waals surface area contributed by atoms with E-state index in [0.29, 0.717) is 6.04 Å². The van der Waals surface area contributed by atoms with E-state index in [2.05, 4.69) is 20.2 Å². The highest BCUT2D eigenvalue weighted by Crippen LogP contribution is 2.27. The van der Waals surface area contributed by atoms with E-state index in [-0.39, 0.29) is 0 Å². The first-order chi connectivity index (χ1) is 8.22. The number of fused-ring (bicyclic) bond motifs is 1. The fourth-order valence-electron chi connectivity index (χ4n) is 3.06. The predicted octanol–water partition coefficient (Wildman–Crippen LogP) is 1.28. The predicted molar refractivity (Wildman–Crippen MR) is 68.2 cm³/mol. The Morgan fingerprint density at radius 1 is 1.24 bits per heavy atom. The van der Waals surface area contributed by atoms with E-state index in [9.17, 15) is 0 Å². The molecule has 2 saturated heterocycles. The summed E-state index contributed by atoms with van der Waals surface area (Å²) in [7, 11) is 0. The molecule has 0 aromatic carbocycles. The van der Waals surface area contributed by atoms with Crippen LogP contribution in [0.4, 0.5) is 5.95 Å². The Bertz CT molecular complexity index is 398. The van der Waals surface area contributed by atoms with Crippen LogP contribution in [0, 0.1) is 19.8 Å². The maximum absolute atomic E-state index is 4.56. The van der Waals surface area contributed by atoms with Crippen LogP contribution >= 0.6 is 0 Å². The third-order valence-electron chi connectivity index (χ3n) is 3.93. The van der Waals surface area contributed by atoms with Gasteiger partial charge in [0.1, 0.15) is 0 Å². The Hall–Kier alpha value is -1.16. The molecule has 0 unspecified atom stereocenters. The van der Waals surface area contributed by atoms with Crippen LogP contribution in [-0.4, -0.2) is 35.6 Å². The van der Waals surface area contributed by atoms with E-state index >= 15 is 0 Å². The maximum atomic E-state index is 4.56. The minimum Gasteiger partial charge on any atom is -0.339 e. The molecule has 0 aliphatic carbocycles. The number of aryl methyl sites for hydroxylation is 2. The van der Waals surface area contributed by atoms with Crippen molar-refractivity contribution in [1.82, 2.24) is 15.3 Å². The second-order valence-electron chi connectivity index (χ2n) is 5.29. The van der Waals surface area contributed by atoms with E-state index in [0.717, 1.165) is 36.3 Å². The Balaban J connectivity index is 1.80. The largest absolute Gasteiger partial charge is 0.339 e. The number of hydrogen-bond acceptors (Lipinski definition) is 4. The van der Waals surface area contributed by atoms with Gasteiger partial charge in [0, 0.05) is 30.5 Å². The van der Waals surface area contributed by atoms with E-state index in [1.54, 1.807) is 0 Å². The molecule has 0 saturated carbocycles. The second-order valence-corrected chi connectivity index (χ2v) is 5.29. The standard InChI is InChI=1S/C13H20N4/c1-9-7-10(2)16-13(15-9)17-6-4-11-3-5-14-12(11)8-17/h7,11-12,14H,3-6,8H2,1-2H3/t11-,12+/m1/s1. The third-order valence-corrected chi connectivity index (χ3v) is 3.93. The zero-order chi connectivity index (χ0) is 11.8. The van der Waals surface area contributed by atoms with Crippen LogP contribution in [0.3, 0.4) is 0 Å². The van der Waals surface area contributed by atoms with Crippen molar-refractivity contribution < 1.29 is 0 Å². The average molecular weight is 232 g/mol. The highest BCUT2D eigenvalue weighted by molar-refractivity contribution is 5.33. The summed E-state index contributed by atoms with van der Waals surface area (Å²) >= 11 is 0. The van der Waals surface area contributed by atoms with Crippen molar-refractivity contribution in [2.75, 3.05) is 24.5 Å². The molecule has 92 valence electrons. The Morgan fingerprint density at radius 2 is 2.00 bits per heavy atom. The summed E-state index contributed by atoms with van der Waals surface area (Å²) in [4.78, 5) is 11.5. The molecule has 3 heterocycles. The van der Waals surface area contributed by atoms with Crippen molar-refractivity contribution in [2.24, 2.45) is 5.92 Å². The normalized spacial score (nSPS) is 28.2. The number of hydrogen-bond donors (Lipinski definition) is 1. The topological polar surface area (TPSA) is 41.1 Å². The lowest BCUT2D eigenvalue weighted by Gasteiger charge is -2.35. The van der Waals surface area contributed by atoms with Gasteiger partial charge in [-0.05, 0) is 45.2 Å². The Kier molecular flexibility index (Phi) is 2.74. The summed E-state index contributed by atoms with van der Waals surface area (Å²) in [5, 5.41) is 3.59. The van der Waals surface area contributed by atoms with Gasteiger partial charge in [-0.25, -0.2) is 9.97 Å². The minimum atomic E-state index is 0.646. The first-order valence-corrected chi connectivity index (χ1v) is 6.53. The molecule has 3 rings (SSSR count). The molecule has 4 nitrogen and oxygen atoms in total. The molecule has 0 spiro atoms. The van der Waals surface area contributed by atoms with E-state index in [1.807, 2.05) is 19.9 Å². The quantitative estimate of drug-likeness (QED) is 0.792. The number of anilines is 1. The van der Waals surface area contributed by atoms with Crippen molar-refractivity contribution in [3.8, 4) is 0 Å². The Morgan fingerprint density at radius 3 is 2.76 bits per heavy atom. The molecule has 2 fully saturated rings. The van der Waals surface area contributed by atoms with Crippen molar-refractivity contribution in [2.45, 2.75) is 32.7 Å². The molecular weight excluding hydrogens is 212 g/mol. The van der Waals surface area contributed by atoms with Gasteiger partial charge in [0.2, 0.25) is 5.95 Å². The van der Waals surface area contributed by atoms with E-state index in [1.165, 1.54) is 19.4 Å². The molecule has 1 aromatic rings. The summed E-state index contributed by atoms with van der Waals surface area (Å²) in [6.07, 6.45) is 2.61. The molecule has 4 heteroatoms. The number of nitrogens with one attached hydrogen (secondary N) is 1. The fourth-order valence-corrected chi connectivity index (χ4v) is 3.06. The van der Waals surface area contributed by atoms with Crippen LogP contribution in [0.25, 0.3) is 0 Å². The third kappa shape index (κ3) is 2.14. The molecule has 2 aliphatic heterocycles. The molecule has 17 heavy (non-hydrogen) atoms. The molecule has 0 bridgehead atoms. The highest BCUT2D eigenvalue weighted by atomic mass is 15.3. The lowest BCUT2D eigenvalue weighted by Crippen LogP contribution is -2.47. The summed E-state index contributed by atoms with van der Waals surface area (Å²) < 4.78 is 0. The number of aromatic nitrogens is 2. The van der Waals surface area contributed by atoms with Crippen LogP contribution in [0.2, 0.25) is 0 Å². The maximum Gasteiger partial charge on any atom is 0.225 e. The average Bonchev–Trinajstić information content (AvgIpc) is 2.74. The van der Waals surface area contributed by atoms with Crippen LogP contribution in [-0.2, 0) is 0 Å². The van der Waals surface area contributed by atoms with Crippen LogP contribution < -0.4 is 10.2 Å². The lowest BCUT2D eigenvalue weighted by molar-refractivity contribution is 0.370. The number of nitrogens with zero attached hydrogens (tertiary/aromatic N) is 3. The number of rotatable bonds is 1.